The summed E-state index contributed by atoms with van der Waals surface area (Å²) in [6.07, 6.45) is 3.18. The van der Waals surface area contributed by atoms with Crippen LogP contribution in [0.4, 0.5) is 5.69 Å². The number of para-hydroxylation sites is 1. The van der Waals surface area contributed by atoms with Gasteiger partial charge in [-0.05, 0) is 44.4 Å². The molecule has 1 amide bonds. The highest BCUT2D eigenvalue weighted by Gasteiger charge is 2.26. The molecular formula is C16H24ClN3O. The van der Waals surface area contributed by atoms with Crippen molar-refractivity contribution < 1.29 is 4.79 Å². The first-order valence-electron chi connectivity index (χ1n) is 7.61. The first-order chi connectivity index (χ1) is 9.75. The van der Waals surface area contributed by atoms with Crippen molar-refractivity contribution in [1.82, 2.24) is 10.6 Å². The SMILES string of the molecule is CC1Cc2ccccc2N1CCNC(=O)[C@@H]1CCCN1.Cl. The fourth-order valence-corrected chi connectivity index (χ4v) is 3.30. The van der Waals surface area contributed by atoms with Crippen molar-refractivity contribution >= 4 is 24.0 Å². The minimum Gasteiger partial charge on any atom is -0.367 e. The van der Waals surface area contributed by atoms with Crippen molar-refractivity contribution in [2.24, 2.45) is 0 Å². The van der Waals surface area contributed by atoms with Gasteiger partial charge in [0, 0.05) is 24.8 Å². The van der Waals surface area contributed by atoms with Crippen LogP contribution in [0.3, 0.4) is 0 Å². The minimum atomic E-state index is 0. The molecule has 0 bridgehead atoms. The number of fused-ring (bicyclic) bond motifs is 1. The second kappa shape index (κ2) is 7.14. The van der Waals surface area contributed by atoms with E-state index in [-0.39, 0.29) is 24.4 Å². The topological polar surface area (TPSA) is 44.4 Å². The van der Waals surface area contributed by atoms with Gasteiger partial charge in [0.05, 0.1) is 6.04 Å². The fraction of sp³-hybridized carbons (Fsp3) is 0.562. The predicted molar refractivity (Wildman–Crippen MR) is 88.2 cm³/mol. The van der Waals surface area contributed by atoms with Gasteiger partial charge in [-0.15, -0.1) is 12.4 Å². The molecule has 1 saturated heterocycles. The van der Waals surface area contributed by atoms with Gasteiger partial charge in [-0.1, -0.05) is 18.2 Å². The lowest BCUT2D eigenvalue weighted by molar-refractivity contribution is -0.122. The Balaban J connectivity index is 0.00000161. The van der Waals surface area contributed by atoms with E-state index in [4.69, 9.17) is 0 Å². The summed E-state index contributed by atoms with van der Waals surface area (Å²) in [5.41, 5.74) is 2.75. The number of nitrogens with zero attached hydrogens (tertiary/aromatic N) is 1. The Morgan fingerprint density at radius 1 is 1.43 bits per heavy atom. The lowest BCUT2D eigenvalue weighted by atomic mass is 10.1. The first kappa shape index (κ1) is 16.1. The van der Waals surface area contributed by atoms with E-state index in [9.17, 15) is 4.79 Å². The van der Waals surface area contributed by atoms with Gasteiger partial charge < -0.3 is 15.5 Å². The average molecular weight is 310 g/mol. The Hall–Kier alpha value is -1.26. The molecule has 21 heavy (non-hydrogen) atoms. The van der Waals surface area contributed by atoms with Crippen LogP contribution >= 0.6 is 12.4 Å². The molecule has 0 spiro atoms. The fourth-order valence-electron chi connectivity index (χ4n) is 3.30. The molecule has 5 heteroatoms. The van der Waals surface area contributed by atoms with E-state index >= 15 is 0 Å². The molecular weight excluding hydrogens is 286 g/mol. The van der Waals surface area contributed by atoms with Gasteiger partial charge in [-0.3, -0.25) is 4.79 Å². The van der Waals surface area contributed by atoms with Crippen molar-refractivity contribution in [2.75, 3.05) is 24.5 Å². The van der Waals surface area contributed by atoms with E-state index in [1.807, 2.05) is 0 Å². The van der Waals surface area contributed by atoms with Crippen LogP contribution in [0.5, 0.6) is 0 Å². The highest BCUT2D eigenvalue weighted by Crippen LogP contribution is 2.31. The molecule has 1 aromatic carbocycles. The average Bonchev–Trinajstić information content (AvgIpc) is 3.07. The highest BCUT2D eigenvalue weighted by atomic mass is 35.5. The summed E-state index contributed by atoms with van der Waals surface area (Å²) in [7, 11) is 0. The summed E-state index contributed by atoms with van der Waals surface area (Å²) in [6.45, 7) is 4.82. The number of hydrogen-bond acceptors (Lipinski definition) is 3. The number of nitrogens with one attached hydrogen (secondary N) is 2. The van der Waals surface area contributed by atoms with Crippen molar-refractivity contribution in [1.29, 1.82) is 0 Å². The predicted octanol–water partition coefficient (Wildman–Crippen LogP) is 1.73. The zero-order valence-electron chi connectivity index (χ0n) is 12.5. The van der Waals surface area contributed by atoms with Crippen LogP contribution in [-0.2, 0) is 11.2 Å². The summed E-state index contributed by atoms with van der Waals surface area (Å²) >= 11 is 0. The number of rotatable bonds is 4. The molecule has 2 aliphatic rings. The quantitative estimate of drug-likeness (QED) is 0.890. The smallest absolute Gasteiger partial charge is 0.237 e. The van der Waals surface area contributed by atoms with Crippen LogP contribution in [0.25, 0.3) is 0 Å². The first-order valence-corrected chi connectivity index (χ1v) is 7.61. The molecule has 2 aliphatic heterocycles. The van der Waals surface area contributed by atoms with Gasteiger partial charge in [0.2, 0.25) is 5.91 Å². The summed E-state index contributed by atoms with van der Waals surface area (Å²) in [4.78, 5) is 14.4. The van der Waals surface area contributed by atoms with Gasteiger partial charge in [0.15, 0.2) is 0 Å². The number of carbonyl (C=O) groups excluding carboxylic acids is 1. The molecule has 0 radical (unpaired) electrons. The van der Waals surface area contributed by atoms with Gasteiger partial charge in [0.1, 0.15) is 0 Å². The molecule has 2 N–H and O–H groups in total. The van der Waals surface area contributed by atoms with Gasteiger partial charge >= 0.3 is 0 Å². The summed E-state index contributed by atoms with van der Waals surface area (Å²) < 4.78 is 0. The van der Waals surface area contributed by atoms with Crippen molar-refractivity contribution in [3.8, 4) is 0 Å². The minimum absolute atomic E-state index is 0. The zero-order chi connectivity index (χ0) is 13.9. The third-order valence-electron chi connectivity index (χ3n) is 4.38. The lowest BCUT2D eigenvalue weighted by Gasteiger charge is -2.25. The van der Waals surface area contributed by atoms with E-state index in [0.717, 1.165) is 38.9 Å². The van der Waals surface area contributed by atoms with Crippen LogP contribution in [0.2, 0.25) is 0 Å². The molecule has 2 heterocycles. The van der Waals surface area contributed by atoms with Crippen molar-refractivity contribution in [3.05, 3.63) is 29.8 Å². The summed E-state index contributed by atoms with van der Waals surface area (Å²) in [5, 5.41) is 6.29. The molecule has 1 aromatic rings. The van der Waals surface area contributed by atoms with Crippen LogP contribution in [0, 0.1) is 0 Å². The molecule has 116 valence electrons. The molecule has 1 fully saturated rings. The standard InChI is InChI=1S/C16H23N3O.ClH/c1-12-11-13-5-2-3-7-15(13)19(12)10-9-18-16(20)14-6-4-8-17-14;/h2-3,5,7,12,14,17H,4,6,8-11H2,1H3,(H,18,20);1H/t12?,14-;/m0./s1. The van der Waals surface area contributed by atoms with Crippen molar-refractivity contribution in [3.63, 3.8) is 0 Å². The molecule has 0 saturated carbocycles. The Morgan fingerprint density at radius 2 is 2.24 bits per heavy atom. The summed E-state index contributed by atoms with van der Waals surface area (Å²) in [5.74, 6) is 0.155. The Bertz CT molecular complexity index is 488. The molecule has 1 unspecified atom stereocenters. The number of anilines is 1. The van der Waals surface area contributed by atoms with Gasteiger partial charge in [0.25, 0.3) is 0 Å². The maximum Gasteiger partial charge on any atom is 0.237 e. The van der Waals surface area contributed by atoms with Gasteiger partial charge in [-0.25, -0.2) is 0 Å². The number of amides is 1. The van der Waals surface area contributed by atoms with E-state index in [1.165, 1.54) is 11.3 Å². The molecule has 0 aromatic heterocycles. The molecule has 3 rings (SSSR count). The Kier molecular flexibility index (Phi) is 5.48. The largest absolute Gasteiger partial charge is 0.367 e. The molecule has 0 aliphatic carbocycles. The van der Waals surface area contributed by atoms with Crippen molar-refractivity contribution in [2.45, 2.75) is 38.3 Å². The normalized spacial score (nSPS) is 23.6. The maximum absolute atomic E-state index is 12.0. The zero-order valence-corrected chi connectivity index (χ0v) is 13.3. The summed E-state index contributed by atoms with van der Waals surface area (Å²) in [6, 6.07) is 9.12. The van der Waals surface area contributed by atoms with Crippen LogP contribution in [0.15, 0.2) is 24.3 Å². The second-order valence-electron chi connectivity index (χ2n) is 5.82. The van der Waals surface area contributed by atoms with E-state index < -0.39 is 0 Å². The number of benzene rings is 1. The third kappa shape index (κ3) is 3.50. The number of carbonyl (C=O) groups is 1. The van der Waals surface area contributed by atoms with E-state index in [0.29, 0.717) is 6.04 Å². The van der Waals surface area contributed by atoms with E-state index in [1.54, 1.807) is 0 Å². The number of halogens is 1. The Morgan fingerprint density at radius 3 is 3.00 bits per heavy atom. The van der Waals surface area contributed by atoms with Crippen LogP contribution in [0.1, 0.15) is 25.3 Å². The number of hydrogen-bond donors (Lipinski definition) is 2. The van der Waals surface area contributed by atoms with E-state index in [2.05, 4.69) is 46.7 Å². The van der Waals surface area contributed by atoms with Crippen LogP contribution < -0.4 is 15.5 Å². The lowest BCUT2D eigenvalue weighted by Crippen LogP contribution is -2.44. The van der Waals surface area contributed by atoms with Gasteiger partial charge in [-0.2, -0.15) is 0 Å². The second-order valence-corrected chi connectivity index (χ2v) is 5.82. The monoisotopic (exact) mass is 309 g/mol. The molecule has 4 nitrogen and oxygen atoms in total. The Labute approximate surface area is 132 Å². The highest BCUT2D eigenvalue weighted by molar-refractivity contribution is 5.85. The maximum atomic E-state index is 12.0. The van der Waals surface area contributed by atoms with Crippen LogP contribution in [-0.4, -0.2) is 37.6 Å². The molecule has 2 atom stereocenters. The third-order valence-corrected chi connectivity index (χ3v) is 4.38.